The molecule has 2 saturated heterocycles. The van der Waals surface area contributed by atoms with Gasteiger partial charge in [0, 0.05) is 17.5 Å². The molecule has 4 aliphatic heterocycles. The van der Waals surface area contributed by atoms with Crippen LogP contribution in [-0.4, -0.2) is 51.1 Å². The van der Waals surface area contributed by atoms with Gasteiger partial charge in [-0.05, 0) is 6.08 Å². The monoisotopic (exact) mass is 322 g/mol. The fourth-order valence-corrected chi connectivity index (χ4v) is 4.85. The molecule has 4 heterocycles. The van der Waals surface area contributed by atoms with Crippen molar-refractivity contribution in [2.75, 3.05) is 18.2 Å². The number of quaternary nitrogens is 1. The highest BCUT2D eigenvalue weighted by Crippen LogP contribution is 2.38. The number of hydrogen-bond acceptors (Lipinski definition) is 5. The van der Waals surface area contributed by atoms with E-state index in [2.05, 4.69) is 4.99 Å². The number of allylic oxidation sites excluding steroid dienone is 1. The first-order valence-corrected chi connectivity index (χ1v) is 8.59. The van der Waals surface area contributed by atoms with Gasteiger partial charge < -0.3 is 10.0 Å². The van der Waals surface area contributed by atoms with E-state index in [1.54, 1.807) is 5.41 Å². The van der Waals surface area contributed by atoms with Gasteiger partial charge in [-0.25, -0.2) is 4.79 Å². The Morgan fingerprint density at radius 3 is 3.19 bits per heavy atom. The summed E-state index contributed by atoms with van der Waals surface area (Å²) in [6, 6.07) is 0. The first kappa shape index (κ1) is 13.2. The normalized spacial score (nSPS) is 32.2. The highest BCUT2D eigenvalue weighted by atomic mass is 32.2. The minimum Gasteiger partial charge on any atom is -0.477 e. The molecule has 4 rings (SSSR count). The number of fused-ring (bicyclic) bond motifs is 3. The van der Waals surface area contributed by atoms with E-state index >= 15 is 0 Å². The molecule has 2 fully saturated rings. The summed E-state index contributed by atoms with van der Waals surface area (Å²) in [4.78, 5) is 30.7. The summed E-state index contributed by atoms with van der Waals surface area (Å²) in [5, 5.41) is 10.7. The van der Waals surface area contributed by atoms with Crippen molar-refractivity contribution in [1.82, 2.24) is 4.90 Å². The molecular weight excluding hydrogens is 310 g/mol. The van der Waals surface area contributed by atoms with Crippen LogP contribution in [0.3, 0.4) is 0 Å². The first-order chi connectivity index (χ1) is 10.1. The average molecular weight is 322 g/mol. The summed E-state index contributed by atoms with van der Waals surface area (Å²) in [5.41, 5.74) is 1.53. The zero-order valence-corrected chi connectivity index (χ0v) is 12.5. The fraction of sp³-hybridized carbons (Fsp3) is 0.308. The maximum Gasteiger partial charge on any atom is 0.353 e. The number of rotatable bonds is 2. The van der Waals surface area contributed by atoms with Crippen LogP contribution in [0.2, 0.25) is 0 Å². The molecule has 0 aromatic heterocycles. The lowest BCUT2D eigenvalue weighted by Gasteiger charge is -2.19. The molecular formula is C13H12N3O3S2+. The summed E-state index contributed by atoms with van der Waals surface area (Å²) in [5.74, 6) is 1.75. The number of hydrogen-bond donors (Lipinski definition) is 2. The number of carbonyl (C=O) groups is 2. The third kappa shape index (κ3) is 2.05. The summed E-state index contributed by atoms with van der Waals surface area (Å²) in [6.07, 6.45) is 3.85. The Labute approximate surface area is 129 Å². The van der Waals surface area contributed by atoms with Crippen LogP contribution in [-0.2, 0) is 9.59 Å². The molecule has 8 heteroatoms. The molecule has 108 valence electrons. The van der Waals surface area contributed by atoms with Gasteiger partial charge in [0.2, 0.25) is 5.84 Å². The average Bonchev–Trinajstić information content (AvgIpc) is 3.09. The molecule has 0 aliphatic carbocycles. The topological polar surface area (TPSA) is 74.4 Å². The molecule has 1 unspecified atom stereocenters. The van der Waals surface area contributed by atoms with Crippen molar-refractivity contribution < 1.29 is 19.6 Å². The fourth-order valence-electron chi connectivity index (χ4n) is 2.76. The van der Waals surface area contributed by atoms with Crippen LogP contribution >= 0.6 is 23.5 Å². The molecule has 0 aromatic carbocycles. The van der Waals surface area contributed by atoms with Crippen LogP contribution in [0.1, 0.15) is 0 Å². The number of aliphatic imine (C=N–C) groups is 1. The third-order valence-electron chi connectivity index (χ3n) is 3.80. The number of amidine groups is 1. The Morgan fingerprint density at radius 2 is 2.43 bits per heavy atom. The third-order valence-corrected chi connectivity index (χ3v) is 5.88. The van der Waals surface area contributed by atoms with Crippen LogP contribution in [0.4, 0.5) is 0 Å². The standard InChI is InChI=1S/C13H11N3O3S2/c17-12-8(1-7-2-15-6-20-5-11(15)14-7)10-3-16(12)9(4-21-10)13(18)19/h1-2,4,10H,3,5-6H2,(H,18,19)/p+1/t10-/m0/s1. The van der Waals surface area contributed by atoms with Gasteiger partial charge in [-0.3, -0.25) is 9.69 Å². The summed E-state index contributed by atoms with van der Waals surface area (Å²) in [6.45, 7) is 0.434. The van der Waals surface area contributed by atoms with E-state index in [-0.39, 0.29) is 16.9 Å². The van der Waals surface area contributed by atoms with Crippen LogP contribution in [0.5, 0.6) is 0 Å². The second kappa shape index (κ2) is 4.75. The summed E-state index contributed by atoms with van der Waals surface area (Å²) < 4.78 is 0. The van der Waals surface area contributed by atoms with E-state index in [0.717, 1.165) is 23.2 Å². The van der Waals surface area contributed by atoms with Crippen molar-refractivity contribution in [1.29, 1.82) is 0 Å². The molecule has 0 radical (unpaired) electrons. The maximum atomic E-state index is 12.4. The predicted octanol–water partition coefficient (Wildman–Crippen LogP) is -0.361. The van der Waals surface area contributed by atoms with E-state index in [9.17, 15) is 9.59 Å². The van der Waals surface area contributed by atoms with Gasteiger partial charge >= 0.3 is 5.97 Å². The number of nitrogens with one attached hydrogen (secondary N) is 1. The van der Waals surface area contributed by atoms with Crippen molar-refractivity contribution >= 4 is 41.2 Å². The Morgan fingerprint density at radius 1 is 1.57 bits per heavy atom. The summed E-state index contributed by atoms with van der Waals surface area (Å²) >= 11 is 3.24. The molecule has 2 atom stereocenters. The first-order valence-electron chi connectivity index (χ1n) is 6.49. The maximum absolute atomic E-state index is 12.4. The van der Waals surface area contributed by atoms with Crippen molar-refractivity contribution in [2.24, 2.45) is 4.99 Å². The smallest absolute Gasteiger partial charge is 0.353 e. The zero-order valence-electron chi connectivity index (χ0n) is 10.9. The minimum absolute atomic E-state index is 0.00140. The minimum atomic E-state index is -1.06. The Bertz CT molecular complexity index is 680. The number of nitrogens with zero attached hydrogens (tertiary/aromatic N) is 2. The van der Waals surface area contributed by atoms with Gasteiger partial charge in [0.15, 0.2) is 0 Å². The van der Waals surface area contributed by atoms with Gasteiger partial charge in [0.1, 0.15) is 23.5 Å². The number of amides is 1. The summed E-state index contributed by atoms with van der Waals surface area (Å²) in [7, 11) is 0. The lowest BCUT2D eigenvalue weighted by Crippen LogP contribution is -3.07. The van der Waals surface area contributed by atoms with Crippen LogP contribution in [0.25, 0.3) is 0 Å². The molecule has 0 aromatic rings. The molecule has 6 nitrogen and oxygen atoms in total. The van der Waals surface area contributed by atoms with Gasteiger partial charge in [-0.1, -0.05) is 11.8 Å². The molecule has 0 saturated carbocycles. The molecule has 1 amide bonds. The van der Waals surface area contributed by atoms with Crippen LogP contribution < -0.4 is 4.90 Å². The largest absolute Gasteiger partial charge is 0.477 e. The van der Waals surface area contributed by atoms with E-state index in [4.69, 9.17) is 5.11 Å². The lowest BCUT2D eigenvalue weighted by atomic mass is 10.2. The highest BCUT2D eigenvalue weighted by molar-refractivity contribution is 8.03. The second-order valence-corrected chi connectivity index (χ2v) is 7.16. The van der Waals surface area contributed by atoms with Crippen LogP contribution in [0, 0.1) is 0 Å². The highest BCUT2D eigenvalue weighted by Gasteiger charge is 2.42. The predicted molar refractivity (Wildman–Crippen MR) is 80.7 cm³/mol. The van der Waals surface area contributed by atoms with Crippen LogP contribution in [0.15, 0.2) is 39.6 Å². The quantitative estimate of drug-likeness (QED) is 0.679. The number of aliphatic carboxylic acids is 1. The Balaban J connectivity index is 1.63. The zero-order chi connectivity index (χ0) is 14.6. The van der Waals surface area contributed by atoms with Gasteiger partial charge in [0.25, 0.3) is 5.91 Å². The van der Waals surface area contributed by atoms with Crippen molar-refractivity contribution in [3.05, 3.63) is 34.7 Å². The molecule has 0 spiro atoms. The van der Waals surface area contributed by atoms with Gasteiger partial charge in [-0.15, -0.1) is 11.8 Å². The molecule has 2 bridgehead atoms. The SMILES string of the molecule is O=C(O)C1=CS[C@H]2CN1C(=O)C2=CC1=C[NH+]2CSCC2=N1. The molecule has 4 aliphatic rings. The van der Waals surface area contributed by atoms with Crippen molar-refractivity contribution in [3.8, 4) is 0 Å². The lowest BCUT2D eigenvalue weighted by molar-refractivity contribution is -0.724. The van der Waals surface area contributed by atoms with Gasteiger partial charge in [0.05, 0.1) is 11.0 Å². The van der Waals surface area contributed by atoms with E-state index in [1.165, 1.54) is 21.6 Å². The van der Waals surface area contributed by atoms with E-state index in [1.807, 2.05) is 24.0 Å². The van der Waals surface area contributed by atoms with Crippen molar-refractivity contribution in [3.63, 3.8) is 0 Å². The van der Waals surface area contributed by atoms with E-state index in [0.29, 0.717) is 12.1 Å². The number of carboxylic acid groups (broad SMARTS) is 1. The second-order valence-electron chi connectivity index (χ2n) is 5.09. The van der Waals surface area contributed by atoms with Crippen molar-refractivity contribution in [2.45, 2.75) is 5.25 Å². The number of carbonyl (C=O) groups excluding carboxylic acids is 1. The number of carboxylic acids is 1. The Hall–Kier alpha value is -1.51. The molecule has 2 N–H and O–H groups in total. The van der Waals surface area contributed by atoms with E-state index < -0.39 is 5.97 Å². The molecule has 21 heavy (non-hydrogen) atoms. The number of thioether (sulfide) groups is 2. The van der Waals surface area contributed by atoms with Gasteiger partial charge in [-0.2, -0.15) is 4.99 Å². The Kier molecular flexibility index (Phi) is 2.98.